The van der Waals surface area contributed by atoms with Gasteiger partial charge in [-0.05, 0) is 137 Å². The first kappa shape index (κ1) is 39.4. The van der Waals surface area contributed by atoms with Crippen molar-refractivity contribution >= 4 is 17.1 Å². The molecule has 14 rings (SSSR count). The normalized spacial score (nSPS) is 13.7. The van der Waals surface area contributed by atoms with Gasteiger partial charge in [-0.3, -0.25) is 0 Å². The molecule has 2 spiro atoms. The van der Waals surface area contributed by atoms with E-state index in [-0.39, 0.29) is 0 Å². The van der Waals surface area contributed by atoms with E-state index >= 15 is 0 Å². The van der Waals surface area contributed by atoms with Gasteiger partial charge in [0.1, 0.15) is 0 Å². The standard InChI is InChI=1S/C68H45N/c1-3-19-46(20-4-1)48-37-41-51(42-38-48)69(52-43-39-49(40-44-52)47-21-5-2-6-22-47)53-24-17-23-50(45-53)54-28-18-29-58-57-27-9-12-32-61(57)68(66(54)58)64-35-15-13-33-62(64)67(63-34-14-16-36-65(63)68)59-30-10-7-25-55(59)56-26-8-11-31-60(56)67/h1-45H. The Balaban J connectivity index is 0.996. The lowest BCUT2D eigenvalue weighted by molar-refractivity contribution is 0.633. The van der Waals surface area contributed by atoms with E-state index in [1.165, 1.54) is 100 Å². The fraction of sp³-hybridized carbons (Fsp3) is 0.0294. The third-order valence-corrected chi connectivity index (χ3v) is 15.4. The first-order valence-electron chi connectivity index (χ1n) is 24.1. The molecule has 0 saturated carbocycles. The fourth-order valence-electron chi connectivity index (χ4n) is 12.7. The monoisotopic (exact) mass is 875 g/mol. The van der Waals surface area contributed by atoms with Gasteiger partial charge in [-0.2, -0.15) is 0 Å². The van der Waals surface area contributed by atoms with Crippen LogP contribution in [0.15, 0.2) is 273 Å². The summed E-state index contributed by atoms with van der Waals surface area (Å²) in [6, 6.07) is 102. The van der Waals surface area contributed by atoms with E-state index in [9.17, 15) is 0 Å². The van der Waals surface area contributed by atoms with Crippen molar-refractivity contribution in [1.82, 2.24) is 0 Å². The van der Waals surface area contributed by atoms with Crippen molar-refractivity contribution < 1.29 is 0 Å². The summed E-state index contributed by atoms with van der Waals surface area (Å²) in [6.07, 6.45) is 0. The highest BCUT2D eigenvalue weighted by Crippen LogP contribution is 2.68. The van der Waals surface area contributed by atoms with Crippen molar-refractivity contribution in [2.75, 3.05) is 4.90 Å². The summed E-state index contributed by atoms with van der Waals surface area (Å²) in [5.74, 6) is 0. The number of rotatable bonds is 6. The second kappa shape index (κ2) is 15.4. The Hall–Kier alpha value is -8.78. The van der Waals surface area contributed by atoms with E-state index in [0.29, 0.717) is 0 Å². The van der Waals surface area contributed by atoms with Crippen molar-refractivity contribution in [2.24, 2.45) is 0 Å². The molecule has 69 heavy (non-hydrogen) atoms. The highest BCUT2D eigenvalue weighted by atomic mass is 15.1. The second-order valence-corrected chi connectivity index (χ2v) is 18.7. The lowest BCUT2D eigenvalue weighted by Crippen LogP contribution is -2.44. The molecular formula is C68H45N. The minimum Gasteiger partial charge on any atom is -0.310 e. The Kier molecular flexibility index (Phi) is 8.78. The van der Waals surface area contributed by atoms with Gasteiger partial charge in [0.15, 0.2) is 0 Å². The van der Waals surface area contributed by atoms with Crippen LogP contribution in [0.1, 0.15) is 44.5 Å². The van der Waals surface area contributed by atoms with Gasteiger partial charge >= 0.3 is 0 Å². The van der Waals surface area contributed by atoms with Gasteiger partial charge in [0.2, 0.25) is 0 Å². The number of fused-ring (bicyclic) bond motifs is 16. The molecule has 0 saturated heterocycles. The quantitative estimate of drug-likeness (QED) is 0.161. The molecule has 0 aromatic heterocycles. The molecule has 3 aliphatic rings. The topological polar surface area (TPSA) is 3.24 Å². The zero-order valence-corrected chi connectivity index (χ0v) is 37.9. The van der Waals surface area contributed by atoms with Crippen LogP contribution in [0.4, 0.5) is 17.1 Å². The van der Waals surface area contributed by atoms with Crippen LogP contribution in [0.3, 0.4) is 0 Å². The van der Waals surface area contributed by atoms with Crippen LogP contribution < -0.4 is 4.90 Å². The Morgan fingerprint density at radius 1 is 0.203 bits per heavy atom. The molecule has 0 unspecified atom stereocenters. The Morgan fingerprint density at radius 3 is 1.03 bits per heavy atom. The minimum absolute atomic E-state index is 0.495. The molecule has 1 nitrogen and oxygen atoms in total. The molecule has 0 heterocycles. The van der Waals surface area contributed by atoms with E-state index in [2.05, 4.69) is 278 Å². The summed E-state index contributed by atoms with van der Waals surface area (Å²) in [5, 5.41) is 0. The molecule has 11 aromatic rings. The molecule has 0 fully saturated rings. The zero-order chi connectivity index (χ0) is 45.5. The van der Waals surface area contributed by atoms with E-state index in [4.69, 9.17) is 0 Å². The van der Waals surface area contributed by atoms with E-state index in [1.54, 1.807) is 0 Å². The third-order valence-electron chi connectivity index (χ3n) is 15.4. The molecule has 0 bridgehead atoms. The Bertz CT molecular complexity index is 3590. The summed E-state index contributed by atoms with van der Waals surface area (Å²) in [7, 11) is 0. The van der Waals surface area contributed by atoms with Crippen molar-refractivity contribution in [2.45, 2.75) is 10.8 Å². The molecule has 322 valence electrons. The smallest absolute Gasteiger partial charge is 0.0726 e. The molecule has 0 amide bonds. The van der Waals surface area contributed by atoms with Crippen molar-refractivity contribution in [3.05, 3.63) is 317 Å². The number of benzene rings is 11. The number of hydrogen-bond acceptors (Lipinski definition) is 1. The van der Waals surface area contributed by atoms with Crippen molar-refractivity contribution in [1.29, 1.82) is 0 Å². The zero-order valence-electron chi connectivity index (χ0n) is 37.9. The van der Waals surface area contributed by atoms with E-state index < -0.39 is 10.8 Å². The number of nitrogens with zero attached hydrogens (tertiary/aromatic N) is 1. The number of anilines is 3. The summed E-state index contributed by atoms with van der Waals surface area (Å²) in [5.41, 5.74) is 25.3. The SMILES string of the molecule is c1ccc(-c2ccc(N(c3ccc(-c4ccccc4)cc3)c3cccc(-c4cccc5c4C4(c6ccccc6-5)c5ccccc5C5(c6ccccc6-c6ccccc65)c5ccccc54)c3)cc2)cc1. The molecule has 0 atom stereocenters. The van der Waals surface area contributed by atoms with Gasteiger partial charge in [0.25, 0.3) is 0 Å². The highest BCUT2D eigenvalue weighted by Gasteiger charge is 2.59. The van der Waals surface area contributed by atoms with Crippen LogP contribution in [-0.4, -0.2) is 0 Å². The molecule has 3 aliphatic carbocycles. The largest absolute Gasteiger partial charge is 0.310 e. The van der Waals surface area contributed by atoms with Gasteiger partial charge in [-0.15, -0.1) is 0 Å². The molecule has 0 N–H and O–H groups in total. The summed E-state index contributed by atoms with van der Waals surface area (Å²) in [4.78, 5) is 2.41. The maximum absolute atomic E-state index is 2.44. The Labute approximate surface area is 403 Å². The van der Waals surface area contributed by atoms with E-state index in [1.807, 2.05) is 0 Å². The summed E-state index contributed by atoms with van der Waals surface area (Å²) < 4.78 is 0. The molecule has 0 radical (unpaired) electrons. The molecule has 0 aliphatic heterocycles. The molecular weight excluding hydrogens is 831 g/mol. The van der Waals surface area contributed by atoms with Gasteiger partial charge in [0.05, 0.1) is 10.8 Å². The molecule has 1 heteroatoms. The van der Waals surface area contributed by atoms with Crippen LogP contribution in [0.5, 0.6) is 0 Å². The molecule has 11 aromatic carbocycles. The average molecular weight is 876 g/mol. The average Bonchev–Trinajstić information content (AvgIpc) is 3.90. The van der Waals surface area contributed by atoms with Crippen molar-refractivity contribution in [3.63, 3.8) is 0 Å². The Morgan fingerprint density at radius 2 is 0.536 bits per heavy atom. The lowest BCUT2D eigenvalue weighted by Gasteiger charge is -2.49. The van der Waals surface area contributed by atoms with Gasteiger partial charge < -0.3 is 4.90 Å². The summed E-state index contributed by atoms with van der Waals surface area (Å²) >= 11 is 0. The van der Waals surface area contributed by atoms with Crippen molar-refractivity contribution in [3.8, 4) is 55.6 Å². The van der Waals surface area contributed by atoms with Gasteiger partial charge in [-0.25, -0.2) is 0 Å². The predicted molar refractivity (Wildman–Crippen MR) is 286 cm³/mol. The fourth-order valence-corrected chi connectivity index (χ4v) is 12.7. The highest BCUT2D eigenvalue weighted by molar-refractivity contribution is 5.97. The van der Waals surface area contributed by atoms with Crippen LogP contribution in [0.2, 0.25) is 0 Å². The van der Waals surface area contributed by atoms with Crippen LogP contribution in [-0.2, 0) is 10.8 Å². The predicted octanol–water partition coefficient (Wildman–Crippen LogP) is 17.2. The third kappa shape index (κ3) is 5.59. The van der Waals surface area contributed by atoms with Gasteiger partial charge in [0, 0.05) is 17.1 Å². The second-order valence-electron chi connectivity index (χ2n) is 18.7. The van der Waals surface area contributed by atoms with Crippen LogP contribution >= 0.6 is 0 Å². The summed E-state index contributed by atoms with van der Waals surface area (Å²) in [6.45, 7) is 0. The first-order valence-corrected chi connectivity index (χ1v) is 24.1. The lowest BCUT2D eigenvalue weighted by atomic mass is 9.52. The van der Waals surface area contributed by atoms with Crippen LogP contribution in [0, 0.1) is 0 Å². The number of hydrogen-bond donors (Lipinski definition) is 0. The van der Waals surface area contributed by atoms with Gasteiger partial charge in [-0.1, -0.05) is 237 Å². The maximum atomic E-state index is 2.44. The van der Waals surface area contributed by atoms with Crippen LogP contribution in [0.25, 0.3) is 55.6 Å². The first-order chi connectivity index (χ1) is 34.2. The van der Waals surface area contributed by atoms with E-state index in [0.717, 1.165) is 17.1 Å². The minimum atomic E-state index is -0.607. The maximum Gasteiger partial charge on any atom is 0.0726 e.